The molecule has 0 aliphatic carbocycles. The average molecular weight is 1220 g/mol. The SMILES string of the molecule is C=CCOC(=O)Nc1cc(OCCCOc2cc(NC(=O)OCc3ccc(NC(=O)C(C)NC(=O)C(NC(=O)OCC=C)C(C)C)cc3)c(C(=O)N3C=C(C=CC)CC3COC(C)=O)cc2OC)c(OC)cc1C(=O)N1C=C(C=CC)C[C@H]1COC(C)=O. The van der Waals surface area contributed by atoms with E-state index in [-0.39, 0.29) is 104 Å². The number of alkyl carbamates (subject to hydrolysis) is 1. The molecule has 7 amide bonds. The van der Waals surface area contributed by atoms with Crippen LogP contribution in [0.25, 0.3) is 0 Å². The third-order valence-corrected chi connectivity index (χ3v) is 13.1. The molecule has 472 valence electrons. The van der Waals surface area contributed by atoms with Gasteiger partial charge in [-0.3, -0.25) is 39.4 Å². The molecule has 2 aliphatic rings. The molecule has 25 nitrogen and oxygen atoms in total. The normalized spacial score (nSPS) is 15.0. The standard InChI is InChI=1S/C63H77N7O18/c1-12-17-43-27-46(36-86-40(8)71)69(33-43)59(75)48-29-52(80-10)54(31-50(48)66-61(77)84-23-14-3)82-25-16-26-83-55-32-51(49(30-53(55)81-11)60(76)70-34-44(18-13-2)28-47(70)37-87-41(9)72)67-62(78)88-35-42-19-21-45(22-20-42)65-57(73)39(7)64-58(74)56(38(5)6)68-63(79)85-24-15-4/h12-15,17-22,29-34,38-39,46-47,56H,3-4,16,23-28,35-37H2,1-2,5-11H3,(H,64,74)(H,65,73)(H,66,77)(H,67,78)(H,68,79)/t39?,46-,47?,56?/m0/s1. The molecular formula is C63H77N7O18. The summed E-state index contributed by atoms with van der Waals surface area (Å²) in [5.41, 5.74) is 2.43. The number of carbonyl (C=O) groups excluding carboxylic acids is 9. The van der Waals surface area contributed by atoms with E-state index in [1.165, 1.54) is 81.2 Å². The van der Waals surface area contributed by atoms with Gasteiger partial charge in [0.1, 0.15) is 45.1 Å². The smallest absolute Gasteiger partial charge is 0.411 e. The Labute approximate surface area is 511 Å². The van der Waals surface area contributed by atoms with Crippen LogP contribution in [-0.4, -0.2) is 142 Å². The number of benzene rings is 3. The van der Waals surface area contributed by atoms with Crippen LogP contribution in [0.2, 0.25) is 0 Å². The van der Waals surface area contributed by atoms with E-state index in [2.05, 4.69) is 39.7 Å². The molecule has 0 saturated carbocycles. The number of amides is 7. The Kier molecular flexibility index (Phi) is 26.7. The number of rotatable bonds is 30. The maximum Gasteiger partial charge on any atom is 0.411 e. The average Bonchev–Trinajstić information content (AvgIpc) is 3.01. The van der Waals surface area contributed by atoms with Crippen molar-refractivity contribution in [3.63, 3.8) is 0 Å². The molecule has 3 aromatic carbocycles. The Morgan fingerprint density at radius 1 is 0.591 bits per heavy atom. The summed E-state index contributed by atoms with van der Waals surface area (Å²) >= 11 is 0. The number of carbonyl (C=O) groups is 9. The number of methoxy groups -OCH3 is 2. The van der Waals surface area contributed by atoms with Crippen LogP contribution in [0.5, 0.6) is 23.0 Å². The maximum atomic E-state index is 14.6. The molecule has 25 heteroatoms. The highest BCUT2D eigenvalue weighted by Gasteiger charge is 2.35. The minimum atomic E-state index is -1.01. The third-order valence-electron chi connectivity index (χ3n) is 13.1. The van der Waals surface area contributed by atoms with Crippen LogP contribution in [0.4, 0.5) is 31.4 Å². The van der Waals surface area contributed by atoms with E-state index < -0.39 is 78.0 Å². The van der Waals surface area contributed by atoms with E-state index in [9.17, 15) is 43.2 Å². The van der Waals surface area contributed by atoms with Gasteiger partial charge in [0.15, 0.2) is 23.0 Å². The van der Waals surface area contributed by atoms with Crippen LogP contribution in [0.1, 0.15) is 94.0 Å². The van der Waals surface area contributed by atoms with E-state index >= 15 is 0 Å². The molecule has 5 N–H and O–H groups in total. The zero-order chi connectivity index (χ0) is 64.5. The molecular weight excluding hydrogens is 1140 g/mol. The molecule has 0 aromatic heterocycles. The fourth-order valence-corrected chi connectivity index (χ4v) is 8.86. The van der Waals surface area contributed by atoms with E-state index in [1.807, 2.05) is 38.2 Å². The first-order chi connectivity index (χ1) is 42.1. The highest BCUT2D eigenvalue weighted by Crippen LogP contribution is 2.39. The van der Waals surface area contributed by atoms with Crippen molar-refractivity contribution >= 4 is 70.9 Å². The van der Waals surface area contributed by atoms with Crippen LogP contribution in [-0.2, 0) is 49.5 Å². The molecule has 0 bridgehead atoms. The van der Waals surface area contributed by atoms with Gasteiger partial charge in [-0.15, -0.1) is 0 Å². The first kappa shape index (κ1) is 68.7. The Morgan fingerprint density at radius 2 is 1.06 bits per heavy atom. The van der Waals surface area contributed by atoms with Gasteiger partial charge in [-0.25, -0.2) is 14.4 Å². The molecule has 0 radical (unpaired) electrons. The molecule has 3 unspecified atom stereocenters. The predicted molar refractivity (Wildman–Crippen MR) is 325 cm³/mol. The first-order valence-electron chi connectivity index (χ1n) is 28.1. The van der Waals surface area contributed by atoms with Crippen molar-refractivity contribution in [2.75, 3.05) is 69.8 Å². The summed E-state index contributed by atoms with van der Waals surface area (Å²) in [5, 5.41) is 13.1. The molecule has 4 atom stereocenters. The van der Waals surface area contributed by atoms with E-state index in [0.29, 0.717) is 24.1 Å². The van der Waals surface area contributed by atoms with Gasteiger partial charge in [-0.1, -0.05) is 75.6 Å². The van der Waals surface area contributed by atoms with Gasteiger partial charge in [0.25, 0.3) is 11.8 Å². The number of esters is 2. The van der Waals surface area contributed by atoms with Crippen molar-refractivity contribution < 1.29 is 85.8 Å². The van der Waals surface area contributed by atoms with Gasteiger partial charge < -0.3 is 68.4 Å². The fraction of sp³-hybridized carbons (Fsp3) is 0.381. The zero-order valence-electron chi connectivity index (χ0n) is 50.9. The second kappa shape index (κ2) is 34.2. The Hall–Kier alpha value is -10.1. The number of nitrogens with one attached hydrogen (secondary N) is 5. The van der Waals surface area contributed by atoms with Crippen molar-refractivity contribution in [2.24, 2.45) is 5.92 Å². The molecule has 88 heavy (non-hydrogen) atoms. The number of ether oxygens (including phenoxy) is 9. The third kappa shape index (κ3) is 20.3. The number of hydrogen-bond donors (Lipinski definition) is 5. The van der Waals surface area contributed by atoms with Gasteiger partial charge in [0.05, 0.1) is 62.0 Å². The summed E-state index contributed by atoms with van der Waals surface area (Å²) in [7, 11) is 2.75. The minimum Gasteiger partial charge on any atom is -0.493 e. The molecule has 5 rings (SSSR count). The maximum absolute atomic E-state index is 14.6. The van der Waals surface area contributed by atoms with Crippen molar-refractivity contribution in [2.45, 2.75) is 98.5 Å². The highest BCUT2D eigenvalue weighted by molar-refractivity contribution is 6.05. The zero-order valence-corrected chi connectivity index (χ0v) is 50.9. The second-order valence-corrected chi connectivity index (χ2v) is 20.2. The van der Waals surface area contributed by atoms with E-state index in [1.54, 1.807) is 50.5 Å². The van der Waals surface area contributed by atoms with Crippen LogP contribution < -0.4 is 45.5 Å². The largest absolute Gasteiger partial charge is 0.493 e. The van der Waals surface area contributed by atoms with Gasteiger partial charge in [-0.2, -0.15) is 0 Å². The molecule has 0 spiro atoms. The highest BCUT2D eigenvalue weighted by atomic mass is 16.6. The van der Waals surface area contributed by atoms with Gasteiger partial charge >= 0.3 is 30.2 Å². The predicted octanol–water partition coefficient (Wildman–Crippen LogP) is 8.89. The number of nitrogens with zero attached hydrogens (tertiary/aromatic N) is 2. The summed E-state index contributed by atoms with van der Waals surface area (Å²) in [6.45, 7) is 17.5. The summed E-state index contributed by atoms with van der Waals surface area (Å²) in [5.74, 6) is -3.16. The van der Waals surface area contributed by atoms with Gasteiger partial charge in [-0.05, 0) is 80.5 Å². The van der Waals surface area contributed by atoms with E-state index in [4.69, 9.17) is 42.6 Å². The number of hydrogen-bond acceptors (Lipinski definition) is 18. The fourth-order valence-electron chi connectivity index (χ4n) is 8.86. The molecule has 2 heterocycles. The second-order valence-electron chi connectivity index (χ2n) is 20.2. The summed E-state index contributed by atoms with van der Waals surface area (Å²) in [6.07, 6.45) is 11.7. The van der Waals surface area contributed by atoms with Gasteiger partial charge in [0, 0.05) is 50.5 Å². The van der Waals surface area contributed by atoms with Crippen molar-refractivity contribution in [1.82, 2.24) is 20.4 Å². The molecule has 2 aliphatic heterocycles. The quantitative estimate of drug-likeness (QED) is 0.0180. The number of anilines is 3. The Morgan fingerprint density at radius 3 is 1.49 bits per heavy atom. The molecule has 3 aromatic rings. The monoisotopic (exact) mass is 1220 g/mol. The summed E-state index contributed by atoms with van der Waals surface area (Å²) in [4.78, 5) is 120. The molecule has 0 fully saturated rings. The van der Waals surface area contributed by atoms with Crippen molar-refractivity contribution in [3.05, 3.63) is 138 Å². The lowest BCUT2D eigenvalue weighted by Gasteiger charge is -2.25. The number of allylic oxidation sites excluding steroid dienone is 4. The molecule has 0 saturated heterocycles. The minimum absolute atomic E-state index is 0.00885. The van der Waals surface area contributed by atoms with Crippen molar-refractivity contribution in [1.29, 1.82) is 0 Å². The van der Waals surface area contributed by atoms with Gasteiger partial charge in [0.2, 0.25) is 11.8 Å². The lowest BCUT2D eigenvalue weighted by atomic mass is 10.0. The topological polar surface area (TPSA) is 303 Å². The summed E-state index contributed by atoms with van der Waals surface area (Å²) in [6, 6.07) is 8.82. The van der Waals surface area contributed by atoms with Crippen molar-refractivity contribution in [3.8, 4) is 23.0 Å². The van der Waals surface area contributed by atoms with Crippen LogP contribution in [0.15, 0.2) is 122 Å². The van der Waals surface area contributed by atoms with Crippen LogP contribution in [0, 0.1) is 5.92 Å². The Balaban J connectivity index is 1.34. The van der Waals surface area contributed by atoms with Crippen LogP contribution >= 0.6 is 0 Å². The lowest BCUT2D eigenvalue weighted by molar-refractivity contribution is -0.143. The van der Waals surface area contributed by atoms with Crippen LogP contribution in [0.3, 0.4) is 0 Å². The Bertz CT molecular complexity index is 3170. The first-order valence-corrected chi connectivity index (χ1v) is 28.1. The lowest BCUT2D eigenvalue weighted by Crippen LogP contribution is -2.53. The van der Waals surface area contributed by atoms with E-state index in [0.717, 1.165) is 11.1 Å². The summed E-state index contributed by atoms with van der Waals surface area (Å²) < 4.78 is 50.1.